The quantitative estimate of drug-likeness (QED) is 0.698. The molecule has 1 aromatic carbocycles. The third-order valence-electron chi connectivity index (χ3n) is 4.13. The molecule has 2 N–H and O–H groups in total. The van der Waals surface area contributed by atoms with Gasteiger partial charge in [-0.2, -0.15) is 0 Å². The maximum absolute atomic E-state index is 12.1. The molecule has 0 saturated carbocycles. The number of nitrogens with one attached hydrogen (secondary N) is 2. The molecule has 0 atom stereocenters. The highest BCUT2D eigenvalue weighted by molar-refractivity contribution is 7.14. The monoisotopic (exact) mass is 418 g/mol. The maximum Gasteiger partial charge on any atom is 0.348 e. The van der Waals surface area contributed by atoms with Gasteiger partial charge in [0.05, 0.1) is 0 Å². The highest BCUT2D eigenvalue weighted by Gasteiger charge is 2.17. The van der Waals surface area contributed by atoms with Crippen LogP contribution in [0.2, 0.25) is 0 Å². The molecule has 1 aliphatic rings. The molecule has 3 amide bonds. The van der Waals surface area contributed by atoms with Gasteiger partial charge in [0.15, 0.2) is 18.1 Å². The van der Waals surface area contributed by atoms with Crippen molar-refractivity contribution in [3.05, 3.63) is 39.6 Å². The molecule has 2 aromatic rings. The van der Waals surface area contributed by atoms with E-state index in [0.29, 0.717) is 35.3 Å². The fourth-order valence-electron chi connectivity index (χ4n) is 2.79. The number of hydrogen-bond donors (Lipinski definition) is 2. The summed E-state index contributed by atoms with van der Waals surface area (Å²) in [5, 5.41) is 4.64. The van der Waals surface area contributed by atoms with E-state index in [1.54, 1.807) is 24.3 Å². The lowest BCUT2D eigenvalue weighted by Crippen LogP contribution is -2.37. The number of benzene rings is 1. The summed E-state index contributed by atoms with van der Waals surface area (Å²) in [5.41, 5.74) is 1.54. The second-order valence-electron chi connectivity index (χ2n) is 6.38. The lowest BCUT2D eigenvalue weighted by atomic mass is 10.1. The third kappa shape index (κ3) is 5.47. The molecule has 29 heavy (non-hydrogen) atoms. The average Bonchev–Trinajstić information content (AvgIpc) is 3.07. The van der Waals surface area contributed by atoms with Crippen molar-refractivity contribution in [2.45, 2.75) is 26.7 Å². The lowest BCUT2D eigenvalue weighted by Gasteiger charge is -2.19. The average molecular weight is 418 g/mol. The van der Waals surface area contributed by atoms with Crippen molar-refractivity contribution < 1.29 is 28.6 Å². The number of rotatable bonds is 6. The van der Waals surface area contributed by atoms with Crippen LogP contribution in [0.5, 0.6) is 11.5 Å². The largest absolute Gasteiger partial charge is 0.486 e. The van der Waals surface area contributed by atoms with E-state index in [9.17, 15) is 14.4 Å². The molecule has 0 saturated heterocycles. The molecule has 9 heteroatoms. The minimum absolute atomic E-state index is 0.427. The number of imide groups is 1. The van der Waals surface area contributed by atoms with Crippen LogP contribution in [-0.2, 0) is 16.0 Å². The second-order valence-corrected chi connectivity index (χ2v) is 7.64. The Bertz CT molecular complexity index is 924. The molecule has 0 spiro atoms. The number of carbonyl (C=O) groups excluding carboxylic acids is 3. The Hall–Kier alpha value is -3.07. The molecule has 1 aliphatic heterocycles. The number of ether oxygens (including phenoxy) is 3. The zero-order valence-corrected chi connectivity index (χ0v) is 17.0. The van der Waals surface area contributed by atoms with Gasteiger partial charge in [0.25, 0.3) is 5.91 Å². The summed E-state index contributed by atoms with van der Waals surface area (Å²) in [6.45, 7) is 4.36. The van der Waals surface area contributed by atoms with Gasteiger partial charge < -0.3 is 19.5 Å². The van der Waals surface area contributed by atoms with Crippen LogP contribution in [-0.4, -0.2) is 37.7 Å². The molecule has 0 fully saturated rings. The van der Waals surface area contributed by atoms with Crippen LogP contribution in [0, 0.1) is 6.92 Å². The third-order valence-corrected chi connectivity index (χ3v) is 5.20. The van der Waals surface area contributed by atoms with Gasteiger partial charge in [0.2, 0.25) is 0 Å². The Morgan fingerprint density at radius 2 is 1.90 bits per heavy atom. The van der Waals surface area contributed by atoms with Gasteiger partial charge in [0.1, 0.15) is 18.1 Å². The molecule has 2 heterocycles. The van der Waals surface area contributed by atoms with E-state index in [1.165, 1.54) is 11.3 Å². The molecule has 8 nitrogen and oxygen atoms in total. The first kappa shape index (κ1) is 20.7. The van der Waals surface area contributed by atoms with E-state index < -0.39 is 24.5 Å². The Balaban J connectivity index is 1.47. The standard InChI is InChI=1S/C20H22N2O6S/c1-3-4-13-9-17(29-12(13)2)19(24)28-11-18(23)22-20(25)21-14-5-6-15-16(10-14)27-8-7-26-15/h5-6,9-10H,3-4,7-8,11H2,1-2H3,(H2,21,22,23,25). The van der Waals surface area contributed by atoms with Crippen molar-refractivity contribution in [2.24, 2.45) is 0 Å². The van der Waals surface area contributed by atoms with E-state index in [1.807, 2.05) is 6.92 Å². The number of carbonyl (C=O) groups is 3. The summed E-state index contributed by atoms with van der Waals surface area (Å²) in [6, 6.07) is 5.96. The molecular formula is C20H22N2O6S. The van der Waals surface area contributed by atoms with Crippen molar-refractivity contribution in [1.29, 1.82) is 0 Å². The number of fused-ring (bicyclic) bond motifs is 1. The van der Waals surface area contributed by atoms with Gasteiger partial charge in [-0.3, -0.25) is 10.1 Å². The van der Waals surface area contributed by atoms with E-state index in [0.717, 1.165) is 23.3 Å². The van der Waals surface area contributed by atoms with Crippen molar-refractivity contribution >= 4 is 34.9 Å². The first-order valence-electron chi connectivity index (χ1n) is 9.23. The number of urea groups is 1. The Morgan fingerprint density at radius 3 is 2.66 bits per heavy atom. The summed E-state index contributed by atoms with van der Waals surface area (Å²) in [5.74, 6) is -0.197. The van der Waals surface area contributed by atoms with Gasteiger partial charge in [-0.25, -0.2) is 9.59 Å². The lowest BCUT2D eigenvalue weighted by molar-refractivity contribution is -0.123. The molecule has 0 unspecified atom stereocenters. The molecule has 0 aliphatic carbocycles. The Labute approximate surface area is 172 Å². The summed E-state index contributed by atoms with van der Waals surface area (Å²) < 4.78 is 15.8. The van der Waals surface area contributed by atoms with E-state index in [4.69, 9.17) is 14.2 Å². The minimum Gasteiger partial charge on any atom is -0.486 e. The SMILES string of the molecule is CCCc1cc(C(=O)OCC(=O)NC(=O)Nc2ccc3c(c2)OCCO3)sc1C. The molecule has 3 rings (SSSR count). The molecule has 0 bridgehead atoms. The summed E-state index contributed by atoms with van der Waals surface area (Å²) >= 11 is 1.33. The van der Waals surface area contributed by atoms with Crippen LogP contribution >= 0.6 is 11.3 Å². The summed E-state index contributed by atoms with van der Waals surface area (Å²) in [7, 11) is 0. The summed E-state index contributed by atoms with van der Waals surface area (Å²) in [4.78, 5) is 37.5. The topological polar surface area (TPSA) is 103 Å². The maximum atomic E-state index is 12.1. The minimum atomic E-state index is -0.736. The molecule has 154 valence electrons. The summed E-state index contributed by atoms with van der Waals surface area (Å²) in [6.07, 6.45) is 1.86. The zero-order valence-electron chi connectivity index (χ0n) is 16.2. The predicted molar refractivity (Wildman–Crippen MR) is 108 cm³/mol. The van der Waals surface area contributed by atoms with Crippen LogP contribution in [0.15, 0.2) is 24.3 Å². The molecule has 1 aromatic heterocycles. The van der Waals surface area contributed by atoms with Crippen molar-refractivity contribution in [1.82, 2.24) is 5.32 Å². The fourth-order valence-corrected chi connectivity index (χ4v) is 3.75. The van der Waals surface area contributed by atoms with Crippen LogP contribution in [0.4, 0.5) is 10.5 Å². The van der Waals surface area contributed by atoms with Gasteiger partial charge in [0, 0.05) is 16.6 Å². The molecule has 0 radical (unpaired) electrons. The first-order valence-corrected chi connectivity index (χ1v) is 10.0. The van der Waals surface area contributed by atoms with Crippen LogP contribution in [0.1, 0.15) is 33.5 Å². The van der Waals surface area contributed by atoms with Gasteiger partial charge in [-0.1, -0.05) is 13.3 Å². The van der Waals surface area contributed by atoms with Crippen LogP contribution in [0.25, 0.3) is 0 Å². The van der Waals surface area contributed by atoms with E-state index in [2.05, 4.69) is 17.6 Å². The van der Waals surface area contributed by atoms with E-state index >= 15 is 0 Å². The fraction of sp³-hybridized carbons (Fsp3) is 0.350. The highest BCUT2D eigenvalue weighted by Crippen LogP contribution is 2.32. The predicted octanol–water partition coefficient (Wildman–Crippen LogP) is 3.29. The van der Waals surface area contributed by atoms with Gasteiger partial charge >= 0.3 is 12.0 Å². The highest BCUT2D eigenvalue weighted by atomic mass is 32.1. The normalized spacial score (nSPS) is 12.2. The van der Waals surface area contributed by atoms with Crippen molar-refractivity contribution in [2.75, 3.05) is 25.1 Å². The van der Waals surface area contributed by atoms with Crippen molar-refractivity contribution in [3.8, 4) is 11.5 Å². The first-order chi connectivity index (χ1) is 14.0. The second kappa shape index (κ2) is 9.42. The van der Waals surface area contributed by atoms with Gasteiger partial charge in [-0.05, 0) is 37.1 Å². The number of thiophene rings is 1. The Morgan fingerprint density at radius 1 is 1.14 bits per heavy atom. The smallest absolute Gasteiger partial charge is 0.348 e. The van der Waals surface area contributed by atoms with E-state index in [-0.39, 0.29) is 0 Å². The Kier molecular flexibility index (Phi) is 6.71. The number of esters is 1. The van der Waals surface area contributed by atoms with Gasteiger partial charge in [-0.15, -0.1) is 11.3 Å². The van der Waals surface area contributed by atoms with Crippen LogP contribution < -0.4 is 20.1 Å². The zero-order chi connectivity index (χ0) is 20.8. The van der Waals surface area contributed by atoms with Crippen molar-refractivity contribution in [3.63, 3.8) is 0 Å². The van der Waals surface area contributed by atoms with Crippen LogP contribution in [0.3, 0.4) is 0 Å². The number of amides is 3. The number of aryl methyl sites for hydroxylation is 2. The number of anilines is 1. The molecular weight excluding hydrogens is 396 g/mol. The number of hydrogen-bond acceptors (Lipinski definition) is 7.